The van der Waals surface area contributed by atoms with E-state index in [2.05, 4.69) is 37.4 Å². The third kappa shape index (κ3) is 7.08. The van der Waals surface area contributed by atoms with Gasteiger partial charge in [0.15, 0.2) is 0 Å². The highest BCUT2D eigenvalue weighted by molar-refractivity contribution is 5.94. The molecule has 2 aromatic heterocycles. The Morgan fingerprint density at radius 2 is 1.91 bits per heavy atom. The van der Waals surface area contributed by atoms with E-state index in [0.717, 1.165) is 5.56 Å². The number of aryl methyl sites for hydroxylation is 1. The second-order valence-corrected chi connectivity index (χ2v) is 10.7. The van der Waals surface area contributed by atoms with E-state index in [0.29, 0.717) is 62.3 Å². The summed E-state index contributed by atoms with van der Waals surface area (Å²) in [4.78, 5) is 51.7. The summed E-state index contributed by atoms with van der Waals surface area (Å²) in [5, 5.41) is 30.3. The number of aliphatic hydroxyl groups excluding tert-OH is 1. The molecule has 3 atom stereocenters. The van der Waals surface area contributed by atoms with Crippen LogP contribution in [-0.4, -0.2) is 90.4 Å². The number of amides is 1. The first kappa shape index (κ1) is 29.9. The SMILES string of the molecule is Cc1cn([C@H]2CC(n3cc(-c4ccc(C#CC(=O)NCCN5CCC(C(=O)O)CC5)cc4)nn3)[C@@H](CO)O2)c(=O)[nH]c1=O. The Kier molecular flexibility index (Phi) is 9.15. The highest BCUT2D eigenvalue weighted by Crippen LogP contribution is 2.36. The summed E-state index contributed by atoms with van der Waals surface area (Å²) >= 11 is 0. The maximum Gasteiger partial charge on any atom is 0.330 e. The van der Waals surface area contributed by atoms with Crippen molar-refractivity contribution in [1.82, 2.24) is 34.8 Å². The molecule has 2 aliphatic heterocycles. The number of aromatic nitrogens is 5. The third-order valence-corrected chi connectivity index (χ3v) is 7.84. The van der Waals surface area contributed by atoms with Gasteiger partial charge in [0.1, 0.15) is 18.0 Å². The molecule has 1 aromatic carbocycles. The summed E-state index contributed by atoms with van der Waals surface area (Å²) in [5.74, 6) is 4.03. The molecule has 0 bridgehead atoms. The molecule has 14 heteroatoms. The number of aliphatic hydroxyl groups is 1. The van der Waals surface area contributed by atoms with Crippen LogP contribution in [0.3, 0.4) is 0 Å². The predicted octanol–water partition coefficient (Wildman–Crippen LogP) is -0.111. The van der Waals surface area contributed by atoms with E-state index in [4.69, 9.17) is 9.84 Å². The first-order valence-electron chi connectivity index (χ1n) is 14.1. The molecule has 1 unspecified atom stereocenters. The normalized spacial score (nSPS) is 20.8. The molecule has 226 valence electrons. The van der Waals surface area contributed by atoms with Crippen LogP contribution in [0.25, 0.3) is 11.3 Å². The van der Waals surface area contributed by atoms with Gasteiger partial charge < -0.3 is 25.2 Å². The monoisotopic (exact) mass is 591 g/mol. The second-order valence-electron chi connectivity index (χ2n) is 10.7. The Labute approximate surface area is 246 Å². The maximum absolute atomic E-state index is 12.3. The summed E-state index contributed by atoms with van der Waals surface area (Å²) < 4.78 is 8.83. The van der Waals surface area contributed by atoms with Crippen molar-refractivity contribution in [1.29, 1.82) is 0 Å². The Bertz CT molecular complexity index is 1640. The topological polar surface area (TPSA) is 185 Å². The number of piperidine rings is 1. The van der Waals surface area contributed by atoms with E-state index in [1.54, 1.807) is 29.9 Å². The smallest absolute Gasteiger partial charge is 0.330 e. The Morgan fingerprint density at radius 3 is 2.60 bits per heavy atom. The highest BCUT2D eigenvalue weighted by atomic mass is 16.5. The van der Waals surface area contributed by atoms with Gasteiger partial charge in [-0.15, -0.1) is 5.10 Å². The van der Waals surface area contributed by atoms with Gasteiger partial charge in [-0.25, -0.2) is 9.48 Å². The van der Waals surface area contributed by atoms with Crippen LogP contribution in [0.4, 0.5) is 0 Å². The zero-order valence-electron chi connectivity index (χ0n) is 23.6. The average molecular weight is 592 g/mol. The number of nitrogens with one attached hydrogen (secondary N) is 2. The Balaban J connectivity index is 1.15. The van der Waals surface area contributed by atoms with E-state index in [1.165, 1.54) is 10.8 Å². The Hall–Kier alpha value is -4.58. The molecule has 4 N–H and O–H groups in total. The first-order valence-corrected chi connectivity index (χ1v) is 14.1. The molecular weight excluding hydrogens is 558 g/mol. The zero-order valence-corrected chi connectivity index (χ0v) is 23.6. The van der Waals surface area contributed by atoms with Gasteiger partial charge in [-0.2, -0.15) is 0 Å². The number of aromatic amines is 1. The molecule has 2 fully saturated rings. The number of H-pyrrole nitrogens is 1. The van der Waals surface area contributed by atoms with E-state index in [1.807, 2.05) is 12.1 Å². The van der Waals surface area contributed by atoms with Crippen molar-refractivity contribution >= 4 is 11.9 Å². The molecule has 2 saturated heterocycles. The average Bonchev–Trinajstić information content (AvgIpc) is 3.66. The predicted molar refractivity (Wildman–Crippen MR) is 153 cm³/mol. The summed E-state index contributed by atoms with van der Waals surface area (Å²) in [6.07, 6.45) is 3.43. The standard InChI is InChI=1S/C29H33N7O7/c1-18-15-35(29(42)31-27(18)39)26-14-23(24(17-37)43-26)36-16-22(32-33-36)20-5-2-19(3-6-20)4-7-25(38)30-10-13-34-11-8-21(9-12-34)28(40)41/h2-3,5-6,15-16,21,23-24,26,37H,8-14,17H2,1H3,(H,30,38)(H,40,41)(H,31,39,42)/t23?,24-,26-/m1/s1. The van der Waals surface area contributed by atoms with Crippen LogP contribution in [0.2, 0.25) is 0 Å². The lowest BCUT2D eigenvalue weighted by Gasteiger charge is -2.29. The van der Waals surface area contributed by atoms with Crippen LogP contribution in [0, 0.1) is 24.7 Å². The number of rotatable bonds is 8. The van der Waals surface area contributed by atoms with Gasteiger partial charge in [-0.1, -0.05) is 23.3 Å². The number of aliphatic carboxylic acids is 1. The number of ether oxygens (including phenoxy) is 1. The van der Waals surface area contributed by atoms with Gasteiger partial charge in [0.2, 0.25) is 0 Å². The molecule has 14 nitrogen and oxygen atoms in total. The van der Waals surface area contributed by atoms with E-state index < -0.39 is 35.6 Å². The van der Waals surface area contributed by atoms with Crippen LogP contribution in [0.15, 0.2) is 46.2 Å². The molecule has 0 radical (unpaired) electrons. The lowest BCUT2D eigenvalue weighted by Crippen LogP contribution is -2.40. The summed E-state index contributed by atoms with van der Waals surface area (Å²) in [6, 6.07) is 6.79. The van der Waals surface area contributed by atoms with E-state index in [9.17, 15) is 24.3 Å². The lowest BCUT2D eigenvalue weighted by molar-refractivity contribution is -0.143. The molecule has 4 heterocycles. The fraction of sp³-hybridized carbons (Fsp3) is 0.448. The molecule has 3 aromatic rings. The summed E-state index contributed by atoms with van der Waals surface area (Å²) in [5.41, 5.74) is 1.33. The minimum atomic E-state index is -0.744. The van der Waals surface area contributed by atoms with Crippen LogP contribution >= 0.6 is 0 Å². The molecule has 2 aliphatic rings. The van der Waals surface area contributed by atoms with Crippen molar-refractivity contribution in [3.63, 3.8) is 0 Å². The van der Waals surface area contributed by atoms with Crippen molar-refractivity contribution in [2.75, 3.05) is 32.8 Å². The first-order chi connectivity index (χ1) is 20.7. The van der Waals surface area contributed by atoms with Crippen molar-refractivity contribution in [2.45, 2.75) is 44.6 Å². The summed E-state index contributed by atoms with van der Waals surface area (Å²) in [7, 11) is 0. The number of benzene rings is 1. The molecule has 0 saturated carbocycles. The maximum atomic E-state index is 12.3. The minimum Gasteiger partial charge on any atom is -0.481 e. The van der Waals surface area contributed by atoms with Crippen LogP contribution < -0.4 is 16.6 Å². The van der Waals surface area contributed by atoms with Crippen molar-refractivity contribution in [2.24, 2.45) is 5.92 Å². The van der Waals surface area contributed by atoms with Crippen molar-refractivity contribution in [3.8, 4) is 23.1 Å². The van der Waals surface area contributed by atoms with Crippen LogP contribution in [-0.2, 0) is 14.3 Å². The third-order valence-electron chi connectivity index (χ3n) is 7.84. The van der Waals surface area contributed by atoms with Gasteiger partial charge in [-0.05, 0) is 45.0 Å². The molecule has 43 heavy (non-hydrogen) atoms. The number of hydrogen-bond donors (Lipinski definition) is 4. The number of carboxylic acid groups (broad SMARTS) is 1. The minimum absolute atomic E-state index is 0.282. The van der Waals surface area contributed by atoms with E-state index in [-0.39, 0.29) is 18.4 Å². The number of likely N-dealkylation sites (tertiary alicyclic amines) is 1. The molecular formula is C29H33N7O7. The number of carbonyl (C=O) groups is 2. The molecule has 0 aliphatic carbocycles. The number of hydrogen-bond acceptors (Lipinski definition) is 9. The number of nitrogens with zero attached hydrogens (tertiary/aromatic N) is 5. The van der Waals surface area contributed by atoms with Gasteiger partial charge in [-0.3, -0.25) is 23.9 Å². The van der Waals surface area contributed by atoms with Crippen molar-refractivity contribution in [3.05, 3.63) is 68.6 Å². The van der Waals surface area contributed by atoms with Crippen LogP contribution in [0.1, 0.15) is 42.7 Å². The van der Waals surface area contributed by atoms with E-state index >= 15 is 0 Å². The largest absolute Gasteiger partial charge is 0.481 e. The van der Waals surface area contributed by atoms with Gasteiger partial charge in [0.25, 0.3) is 11.5 Å². The lowest BCUT2D eigenvalue weighted by atomic mass is 9.97. The molecule has 1 amide bonds. The molecule has 0 spiro atoms. The molecule has 5 rings (SSSR count). The van der Waals surface area contributed by atoms with Gasteiger partial charge in [0, 0.05) is 48.3 Å². The summed E-state index contributed by atoms with van der Waals surface area (Å²) in [6.45, 7) is 3.79. The van der Waals surface area contributed by atoms with Gasteiger partial charge >= 0.3 is 11.7 Å². The zero-order chi connectivity index (χ0) is 30.5. The number of carboxylic acids is 1. The number of carbonyl (C=O) groups excluding carboxylic acids is 1. The van der Waals surface area contributed by atoms with Crippen molar-refractivity contribution < 1.29 is 24.5 Å². The van der Waals surface area contributed by atoms with Gasteiger partial charge in [0.05, 0.1) is 24.8 Å². The fourth-order valence-electron chi connectivity index (χ4n) is 5.33. The fourth-order valence-corrected chi connectivity index (χ4v) is 5.33. The highest BCUT2D eigenvalue weighted by Gasteiger charge is 2.38. The van der Waals surface area contributed by atoms with Crippen LogP contribution in [0.5, 0.6) is 0 Å². The Morgan fingerprint density at radius 1 is 1.16 bits per heavy atom. The quantitative estimate of drug-likeness (QED) is 0.258. The second kappa shape index (κ2) is 13.2.